The highest BCUT2D eigenvalue weighted by Gasteiger charge is 2.54. The number of hydrogen-bond donors (Lipinski definition) is 3. The summed E-state index contributed by atoms with van der Waals surface area (Å²) in [6, 6.07) is 1.88. The molecule has 0 bridgehead atoms. The van der Waals surface area contributed by atoms with Crippen molar-refractivity contribution in [3.05, 3.63) is 22.8 Å². The monoisotopic (exact) mass is 332 g/mol. The molecule has 24 heavy (non-hydrogen) atoms. The van der Waals surface area contributed by atoms with Gasteiger partial charge in [0.05, 0.1) is 5.41 Å². The molecule has 3 N–H and O–H groups in total. The summed E-state index contributed by atoms with van der Waals surface area (Å²) in [5, 5.41) is 30.7. The number of carbonyl (C=O) groups excluding carboxylic acids is 1. The highest BCUT2D eigenvalue weighted by Crippen LogP contribution is 2.59. The number of fused-ring (bicyclic) bond motifs is 3. The number of aliphatic hydroxyl groups is 1. The van der Waals surface area contributed by atoms with Crippen LogP contribution < -0.4 is 0 Å². The van der Waals surface area contributed by atoms with Crippen LogP contribution in [0.5, 0.6) is 11.5 Å². The molecule has 1 aromatic rings. The minimum absolute atomic E-state index is 0.0377. The van der Waals surface area contributed by atoms with Gasteiger partial charge in [0, 0.05) is 23.7 Å². The minimum atomic E-state index is -0.710. The van der Waals surface area contributed by atoms with E-state index in [1.54, 1.807) is 0 Å². The number of rotatable bonds is 3. The fraction of sp³-hybridized carbons (Fsp3) is 0.650. The van der Waals surface area contributed by atoms with Crippen molar-refractivity contribution in [3.63, 3.8) is 0 Å². The van der Waals surface area contributed by atoms with E-state index >= 15 is 0 Å². The number of aldehydes is 1. The topological polar surface area (TPSA) is 77.8 Å². The van der Waals surface area contributed by atoms with E-state index in [2.05, 4.69) is 13.8 Å². The van der Waals surface area contributed by atoms with E-state index in [0.29, 0.717) is 11.1 Å². The van der Waals surface area contributed by atoms with Crippen LogP contribution in [0.25, 0.3) is 0 Å². The summed E-state index contributed by atoms with van der Waals surface area (Å²) in [6.45, 7) is 6.13. The third-order valence-electron chi connectivity index (χ3n) is 6.54. The molecule has 0 saturated heterocycles. The Kier molecular flexibility index (Phi) is 4.15. The van der Waals surface area contributed by atoms with Gasteiger partial charge in [-0.15, -0.1) is 0 Å². The molecule has 0 heterocycles. The zero-order valence-corrected chi connectivity index (χ0v) is 14.8. The van der Waals surface area contributed by atoms with Gasteiger partial charge in [-0.2, -0.15) is 0 Å². The molecule has 0 aliphatic heterocycles. The number of aryl methyl sites for hydroxylation is 1. The fourth-order valence-corrected chi connectivity index (χ4v) is 5.26. The number of aliphatic hydroxyl groups excluding tert-OH is 1. The van der Waals surface area contributed by atoms with E-state index in [4.69, 9.17) is 0 Å². The lowest BCUT2D eigenvalue weighted by Gasteiger charge is -2.53. The molecule has 1 fully saturated rings. The van der Waals surface area contributed by atoms with Gasteiger partial charge >= 0.3 is 0 Å². The van der Waals surface area contributed by atoms with Gasteiger partial charge < -0.3 is 20.1 Å². The van der Waals surface area contributed by atoms with Crippen molar-refractivity contribution in [2.75, 3.05) is 6.61 Å². The second kappa shape index (κ2) is 5.76. The smallest absolute Gasteiger partial charge is 0.162 e. The van der Waals surface area contributed by atoms with Crippen LogP contribution in [0.3, 0.4) is 0 Å². The Balaban J connectivity index is 2.23. The van der Waals surface area contributed by atoms with Crippen LogP contribution in [-0.2, 0) is 16.6 Å². The molecule has 4 heteroatoms. The van der Waals surface area contributed by atoms with Gasteiger partial charge in [0.25, 0.3) is 0 Å². The number of phenols is 2. The number of phenolic OH excluding ortho intramolecular Hbond substituents is 2. The Hall–Kier alpha value is -1.55. The van der Waals surface area contributed by atoms with Gasteiger partial charge in [-0.3, -0.25) is 0 Å². The summed E-state index contributed by atoms with van der Waals surface area (Å²) in [5.41, 5.74) is 1.46. The maximum Gasteiger partial charge on any atom is 0.162 e. The van der Waals surface area contributed by atoms with Crippen molar-refractivity contribution in [3.8, 4) is 11.5 Å². The van der Waals surface area contributed by atoms with Gasteiger partial charge in [-0.05, 0) is 42.6 Å². The van der Waals surface area contributed by atoms with E-state index in [-0.39, 0.29) is 35.4 Å². The van der Waals surface area contributed by atoms with Crippen molar-refractivity contribution in [1.82, 2.24) is 0 Å². The normalized spacial score (nSPS) is 29.4. The van der Waals surface area contributed by atoms with Gasteiger partial charge in [-0.25, -0.2) is 0 Å². The summed E-state index contributed by atoms with van der Waals surface area (Å²) in [6.07, 6.45) is 5.46. The van der Waals surface area contributed by atoms with E-state index in [1.807, 2.05) is 13.0 Å². The maximum atomic E-state index is 12.3. The third kappa shape index (κ3) is 2.26. The zero-order chi connectivity index (χ0) is 17.7. The lowest BCUT2D eigenvalue weighted by molar-refractivity contribution is -0.120. The van der Waals surface area contributed by atoms with Crippen molar-refractivity contribution in [1.29, 1.82) is 0 Å². The fourth-order valence-electron chi connectivity index (χ4n) is 5.26. The lowest BCUT2D eigenvalue weighted by atomic mass is 9.50. The van der Waals surface area contributed by atoms with Gasteiger partial charge in [0.2, 0.25) is 0 Å². The zero-order valence-electron chi connectivity index (χ0n) is 14.8. The van der Waals surface area contributed by atoms with Crippen LogP contribution in [0.4, 0.5) is 0 Å². The molecule has 0 spiro atoms. The van der Waals surface area contributed by atoms with E-state index in [1.165, 1.54) is 0 Å². The summed E-state index contributed by atoms with van der Waals surface area (Å²) >= 11 is 0. The first-order valence-corrected chi connectivity index (χ1v) is 8.94. The largest absolute Gasteiger partial charge is 0.504 e. The van der Waals surface area contributed by atoms with Gasteiger partial charge in [-0.1, -0.05) is 33.3 Å². The third-order valence-corrected chi connectivity index (χ3v) is 6.54. The Labute approximate surface area is 143 Å². The molecule has 3 rings (SSSR count). The standard InChI is InChI=1S/C20H28O4/c1-12(10-21)14-9-13-5-6-15-19(2,3)7-4-8-20(15,11-22)16(13)18(24)17(14)23/h9,11-12,15,21,23-24H,4-8,10H2,1-3H3/t12?,15-,20+/m0/s1. The quantitative estimate of drug-likeness (QED) is 0.585. The Morgan fingerprint density at radius 2 is 2.00 bits per heavy atom. The predicted octanol–water partition coefficient (Wildman–Crippen LogP) is 3.40. The van der Waals surface area contributed by atoms with Crippen LogP contribution in [0.15, 0.2) is 6.07 Å². The van der Waals surface area contributed by atoms with Crippen LogP contribution in [0.2, 0.25) is 0 Å². The predicted molar refractivity (Wildman–Crippen MR) is 92.5 cm³/mol. The Morgan fingerprint density at radius 1 is 1.29 bits per heavy atom. The summed E-state index contributed by atoms with van der Waals surface area (Å²) in [5.74, 6) is -0.415. The summed E-state index contributed by atoms with van der Waals surface area (Å²) in [4.78, 5) is 12.3. The molecular weight excluding hydrogens is 304 g/mol. The number of hydrogen-bond acceptors (Lipinski definition) is 4. The molecule has 132 valence electrons. The van der Waals surface area contributed by atoms with Gasteiger partial charge in [0.15, 0.2) is 11.5 Å². The second-order valence-electron chi connectivity index (χ2n) is 8.37. The van der Waals surface area contributed by atoms with Gasteiger partial charge in [0.1, 0.15) is 6.29 Å². The highest BCUT2D eigenvalue weighted by atomic mass is 16.3. The van der Waals surface area contributed by atoms with E-state index in [9.17, 15) is 20.1 Å². The average molecular weight is 332 g/mol. The van der Waals surface area contributed by atoms with Crippen LogP contribution in [-0.4, -0.2) is 28.2 Å². The van der Waals surface area contributed by atoms with Crippen molar-refractivity contribution in [2.45, 2.75) is 64.2 Å². The lowest BCUT2D eigenvalue weighted by Crippen LogP contribution is -2.50. The Morgan fingerprint density at radius 3 is 2.62 bits per heavy atom. The molecule has 4 nitrogen and oxygen atoms in total. The van der Waals surface area contributed by atoms with Crippen molar-refractivity contribution < 1.29 is 20.1 Å². The first-order valence-electron chi connectivity index (χ1n) is 8.94. The molecule has 1 aromatic carbocycles. The highest BCUT2D eigenvalue weighted by molar-refractivity contribution is 5.76. The molecule has 0 radical (unpaired) electrons. The van der Waals surface area contributed by atoms with Crippen molar-refractivity contribution in [2.24, 2.45) is 11.3 Å². The van der Waals surface area contributed by atoms with Crippen LogP contribution in [0.1, 0.15) is 69.1 Å². The first kappa shape index (κ1) is 17.3. The minimum Gasteiger partial charge on any atom is -0.504 e. The number of benzene rings is 1. The Bertz CT molecular complexity index is 664. The molecule has 0 aromatic heterocycles. The number of aromatic hydroxyl groups is 2. The SMILES string of the molecule is CC(CO)c1cc2c(c(O)c1O)[C@@]1(C=O)CCCC(C)(C)[C@@H]1CC2. The first-order chi connectivity index (χ1) is 11.3. The molecule has 3 atom stereocenters. The molecule has 2 aliphatic rings. The maximum absolute atomic E-state index is 12.3. The van der Waals surface area contributed by atoms with Crippen LogP contribution >= 0.6 is 0 Å². The average Bonchev–Trinajstić information content (AvgIpc) is 2.56. The summed E-state index contributed by atoms with van der Waals surface area (Å²) < 4.78 is 0. The van der Waals surface area contributed by atoms with E-state index in [0.717, 1.165) is 44.0 Å². The van der Waals surface area contributed by atoms with Crippen LogP contribution in [0, 0.1) is 11.3 Å². The molecule has 1 unspecified atom stereocenters. The van der Waals surface area contributed by atoms with E-state index < -0.39 is 5.41 Å². The van der Waals surface area contributed by atoms with Crippen molar-refractivity contribution >= 4 is 6.29 Å². The second-order valence-corrected chi connectivity index (χ2v) is 8.37. The number of carbonyl (C=O) groups is 1. The molecule has 2 aliphatic carbocycles. The molecule has 0 amide bonds. The molecular formula is C20H28O4. The summed E-state index contributed by atoms with van der Waals surface area (Å²) in [7, 11) is 0. The molecule has 1 saturated carbocycles.